The Labute approximate surface area is 117 Å². The van der Waals surface area contributed by atoms with Gasteiger partial charge in [-0.25, -0.2) is 4.39 Å². The van der Waals surface area contributed by atoms with E-state index in [0.29, 0.717) is 25.2 Å². The molecule has 1 N–H and O–H groups in total. The highest BCUT2D eigenvalue weighted by Gasteiger charge is 2.34. The molecule has 2 rings (SSSR count). The summed E-state index contributed by atoms with van der Waals surface area (Å²) >= 11 is 0. The molecule has 0 aromatic heterocycles. The van der Waals surface area contributed by atoms with Crippen molar-refractivity contribution in [1.29, 1.82) is 0 Å². The van der Waals surface area contributed by atoms with E-state index in [1.807, 2.05) is 11.9 Å². The van der Waals surface area contributed by atoms with Gasteiger partial charge < -0.3 is 15.1 Å². The first kappa shape index (κ1) is 14.5. The fraction of sp³-hybridized carbons (Fsp3) is 0.429. The molecule has 0 radical (unpaired) electrons. The molecular formula is C14H18FN3O2. The van der Waals surface area contributed by atoms with E-state index in [1.54, 1.807) is 11.9 Å². The quantitative estimate of drug-likeness (QED) is 0.849. The molecule has 108 valence electrons. The van der Waals surface area contributed by atoms with E-state index >= 15 is 0 Å². The molecule has 1 atom stereocenters. The number of halogens is 1. The maximum Gasteiger partial charge on any atom is 0.254 e. The first-order valence-electron chi connectivity index (χ1n) is 6.49. The summed E-state index contributed by atoms with van der Waals surface area (Å²) in [5, 5.41) is 2.58. The molecule has 1 aromatic rings. The molecule has 6 heteroatoms. The summed E-state index contributed by atoms with van der Waals surface area (Å²) in [7, 11) is 3.47. The Balaban J connectivity index is 2.21. The van der Waals surface area contributed by atoms with Crippen molar-refractivity contribution >= 4 is 11.8 Å². The lowest BCUT2D eigenvalue weighted by Gasteiger charge is -2.38. The summed E-state index contributed by atoms with van der Waals surface area (Å²) in [6.45, 7) is 1.68. The van der Waals surface area contributed by atoms with Gasteiger partial charge in [0.2, 0.25) is 5.91 Å². The molecule has 0 saturated carbocycles. The number of amides is 2. The van der Waals surface area contributed by atoms with Gasteiger partial charge in [0.1, 0.15) is 11.9 Å². The Hall–Kier alpha value is -1.95. The summed E-state index contributed by atoms with van der Waals surface area (Å²) in [6, 6.07) is 4.86. The van der Waals surface area contributed by atoms with E-state index in [1.165, 1.54) is 24.3 Å². The van der Waals surface area contributed by atoms with Crippen molar-refractivity contribution in [3.8, 4) is 0 Å². The Morgan fingerprint density at radius 1 is 1.25 bits per heavy atom. The summed E-state index contributed by atoms with van der Waals surface area (Å²) in [4.78, 5) is 27.9. The topological polar surface area (TPSA) is 52.7 Å². The molecule has 0 spiro atoms. The third-order valence-electron chi connectivity index (χ3n) is 3.48. The first-order chi connectivity index (χ1) is 9.52. The molecule has 1 aliphatic rings. The predicted octanol–water partition coefficient (Wildman–Crippen LogP) is 0.328. The summed E-state index contributed by atoms with van der Waals surface area (Å²) < 4.78 is 12.9. The predicted molar refractivity (Wildman–Crippen MR) is 72.8 cm³/mol. The van der Waals surface area contributed by atoms with Crippen molar-refractivity contribution in [2.45, 2.75) is 6.04 Å². The van der Waals surface area contributed by atoms with Crippen LogP contribution < -0.4 is 5.32 Å². The lowest BCUT2D eigenvalue weighted by Crippen LogP contribution is -2.59. The Kier molecular flexibility index (Phi) is 4.34. The van der Waals surface area contributed by atoms with Crippen LogP contribution in [0, 0.1) is 5.82 Å². The molecule has 1 aliphatic heterocycles. The number of hydrogen-bond acceptors (Lipinski definition) is 3. The van der Waals surface area contributed by atoms with Crippen molar-refractivity contribution in [2.24, 2.45) is 0 Å². The fourth-order valence-corrected chi connectivity index (χ4v) is 2.31. The number of likely N-dealkylation sites (N-methyl/N-ethyl adjacent to an activating group) is 2. The SMILES string of the molecule is CNC(=O)[C@@H]1CN(C)CCN1C(=O)c1ccc(F)cc1. The first-order valence-corrected chi connectivity index (χ1v) is 6.49. The number of carbonyl (C=O) groups is 2. The van der Waals surface area contributed by atoms with Gasteiger partial charge in [-0.05, 0) is 31.3 Å². The maximum absolute atomic E-state index is 12.9. The van der Waals surface area contributed by atoms with Crippen molar-refractivity contribution in [3.05, 3.63) is 35.6 Å². The monoisotopic (exact) mass is 279 g/mol. The second kappa shape index (κ2) is 6.00. The third-order valence-corrected chi connectivity index (χ3v) is 3.48. The van der Waals surface area contributed by atoms with Crippen LogP contribution in [0.15, 0.2) is 24.3 Å². The molecule has 1 saturated heterocycles. The Morgan fingerprint density at radius 3 is 2.50 bits per heavy atom. The molecular weight excluding hydrogens is 261 g/mol. The Bertz CT molecular complexity index is 504. The zero-order valence-electron chi connectivity index (χ0n) is 11.6. The second-order valence-electron chi connectivity index (χ2n) is 4.90. The van der Waals surface area contributed by atoms with Crippen LogP contribution in [0.2, 0.25) is 0 Å². The molecule has 1 heterocycles. The van der Waals surface area contributed by atoms with Crippen LogP contribution in [0.4, 0.5) is 4.39 Å². The fourth-order valence-electron chi connectivity index (χ4n) is 2.31. The molecule has 2 amide bonds. The minimum Gasteiger partial charge on any atom is -0.357 e. The van der Waals surface area contributed by atoms with Crippen LogP contribution >= 0.6 is 0 Å². The summed E-state index contributed by atoms with van der Waals surface area (Å²) in [5.41, 5.74) is 0.393. The molecule has 5 nitrogen and oxygen atoms in total. The van der Waals surface area contributed by atoms with Gasteiger partial charge >= 0.3 is 0 Å². The lowest BCUT2D eigenvalue weighted by molar-refractivity contribution is -0.126. The standard InChI is InChI=1S/C14H18FN3O2/c1-16-13(19)12-9-17(2)7-8-18(12)14(20)10-3-5-11(15)6-4-10/h3-6,12H,7-9H2,1-2H3,(H,16,19)/t12-/m0/s1. The van der Waals surface area contributed by atoms with Gasteiger partial charge in [0, 0.05) is 32.2 Å². The van der Waals surface area contributed by atoms with Gasteiger partial charge in [0.05, 0.1) is 0 Å². The van der Waals surface area contributed by atoms with Crippen molar-refractivity contribution in [2.75, 3.05) is 33.7 Å². The molecule has 0 aliphatic carbocycles. The maximum atomic E-state index is 12.9. The highest BCUT2D eigenvalue weighted by atomic mass is 19.1. The molecule has 20 heavy (non-hydrogen) atoms. The van der Waals surface area contributed by atoms with Gasteiger partial charge in [-0.3, -0.25) is 9.59 Å². The van der Waals surface area contributed by atoms with E-state index < -0.39 is 6.04 Å². The normalized spacial score (nSPS) is 19.8. The van der Waals surface area contributed by atoms with Gasteiger partial charge in [-0.15, -0.1) is 0 Å². The zero-order chi connectivity index (χ0) is 14.7. The number of piperazine rings is 1. The Morgan fingerprint density at radius 2 is 1.90 bits per heavy atom. The van der Waals surface area contributed by atoms with E-state index in [9.17, 15) is 14.0 Å². The molecule has 0 bridgehead atoms. The number of carbonyl (C=O) groups excluding carboxylic acids is 2. The number of hydrogen-bond donors (Lipinski definition) is 1. The van der Waals surface area contributed by atoms with Crippen LogP contribution in [-0.2, 0) is 4.79 Å². The van der Waals surface area contributed by atoms with Gasteiger partial charge in [0.25, 0.3) is 5.91 Å². The van der Waals surface area contributed by atoms with Crippen LogP contribution in [-0.4, -0.2) is 61.4 Å². The highest BCUT2D eigenvalue weighted by Crippen LogP contribution is 2.14. The molecule has 1 aromatic carbocycles. The minimum atomic E-state index is -0.517. The van der Waals surface area contributed by atoms with Crippen LogP contribution in [0.25, 0.3) is 0 Å². The highest BCUT2D eigenvalue weighted by molar-refractivity contribution is 5.97. The zero-order valence-corrected chi connectivity index (χ0v) is 11.6. The van der Waals surface area contributed by atoms with E-state index in [-0.39, 0.29) is 17.6 Å². The van der Waals surface area contributed by atoms with Crippen LogP contribution in [0.5, 0.6) is 0 Å². The minimum absolute atomic E-state index is 0.188. The van der Waals surface area contributed by atoms with Gasteiger partial charge in [-0.2, -0.15) is 0 Å². The van der Waals surface area contributed by atoms with Crippen molar-refractivity contribution < 1.29 is 14.0 Å². The van der Waals surface area contributed by atoms with E-state index in [2.05, 4.69) is 5.32 Å². The second-order valence-corrected chi connectivity index (χ2v) is 4.90. The summed E-state index contributed by atoms with van der Waals surface area (Å²) in [5.74, 6) is -0.818. The molecule has 1 fully saturated rings. The largest absolute Gasteiger partial charge is 0.357 e. The molecule has 0 unspecified atom stereocenters. The third kappa shape index (κ3) is 2.96. The van der Waals surface area contributed by atoms with E-state index in [4.69, 9.17) is 0 Å². The lowest BCUT2D eigenvalue weighted by atomic mass is 10.1. The number of nitrogens with one attached hydrogen (secondary N) is 1. The van der Waals surface area contributed by atoms with Crippen LogP contribution in [0.3, 0.4) is 0 Å². The van der Waals surface area contributed by atoms with Crippen LogP contribution in [0.1, 0.15) is 10.4 Å². The van der Waals surface area contributed by atoms with Crippen molar-refractivity contribution in [1.82, 2.24) is 15.1 Å². The van der Waals surface area contributed by atoms with Gasteiger partial charge in [0.15, 0.2) is 0 Å². The van der Waals surface area contributed by atoms with Crippen molar-refractivity contribution in [3.63, 3.8) is 0 Å². The average molecular weight is 279 g/mol. The number of nitrogens with zero attached hydrogens (tertiary/aromatic N) is 2. The van der Waals surface area contributed by atoms with Gasteiger partial charge in [-0.1, -0.05) is 0 Å². The van der Waals surface area contributed by atoms with E-state index in [0.717, 1.165) is 0 Å². The average Bonchev–Trinajstić information content (AvgIpc) is 2.46. The number of benzene rings is 1. The number of rotatable bonds is 2. The summed E-state index contributed by atoms with van der Waals surface area (Å²) in [6.07, 6.45) is 0. The smallest absolute Gasteiger partial charge is 0.254 e.